The van der Waals surface area contributed by atoms with Crippen molar-refractivity contribution in [2.75, 3.05) is 11.5 Å². The lowest BCUT2D eigenvalue weighted by Crippen LogP contribution is -2.49. The lowest BCUT2D eigenvalue weighted by molar-refractivity contribution is 0.356. The molecule has 15 heavy (non-hydrogen) atoms. The number of rotatable bonds is 2. The van der Waals surface area contributed by atoms with Gasteiger partial charge in [-0.25, -0.2) is 0 Å². The Kier molecular flexibility index (Phi) is 3.93. The van der Waals surface area contributed by atoms with E-state index in [2.05, 4.69) is 11.4 Å². The third kappa shape index (κ3) is 2.89. The Morgan fingerprint density at radius 1 is 1.20 bits per heavy atom. The van der Waals surface area contributed by atoms with Crippen molar-refractivity contribution in [2.45, 2.75) is 56.5 Å². The van der Waals surface area contributed by atoms with Crippen molar-refractivity contribution in [3.63, 3.8) is 0 Å². The minimum Gasteiger partial charge on any atom is -0.296 e. The molecule has 0 radical (unpaired) electrons. The molecule has 2 aliphatic rings. The Labute approximate surface area is 96.8 Å². The molecule has 1 atom stereocenters. The Morgan fingerprint density at radius 2 is 1.93 bits per heavy atom. The SMILES string of the molecule is N#CC1(NC2CCCCCC2)CCSC1. The van der Waals surface area contributed by atoms with Crippen molar-refractivity contribution in [1.29, 1.82) is 5.26 Å². The van der Waals surface area contributed by atoms with Gasteiger partial charge in [0, 0.05) is 11.8 Å². The predicted octanol–water partition coefficient (Wildman–Crippen LogP) is 2.70. The average molecular weight is 224 g/mol. The molecule has 1 unspecified atom stereocenters. The molecule has 0 bridgehead atoms. The summed E-state index contributed by atoms with van der Waals surface area (Å²) < 4.78 is 0. The molecule has 2 nitrogen and oxygen atoms in total. The van der Waals surface area contributed by atoms with Gasteiger partial charge in [0.05, 0.1) is 6.07 Å². The lowest BCUT2D eigenvalue weighted by Gasteiger charge is -2.27. The number of nitrogens with zero attached hydrogens (tertiary/aromatic N) is 1. The Hall–Kier alpha value is -0.200. The first-order valence-electron chi connectivity index (χ1n) is 6.11. The summed E-state index contributed by atoms with van der Waals surface area (Å²) in [4.78, 5) is 0. The fraction of sp³-hybridized carbons (Fsp3) is 0.917. The summed E-state index contributed by atoms with van der Waals surface area (Å²) >= 11 is 1.91. The van der Waals surface area contributed by atoms with Crippen LogP contribution in [0.15, 0.2) is 0 Å². The highest BCUT2D eigenvalue weighted by molar-refractivity contribution is 7.99. The molecule has 0 aromatic heterocycles. The van der Waals surface area contributed by atoms with Crippen LogP contribution in [0.25, 0.3) is 0 Å². The number of hydrogen-bond acceptors (Lipinski definition) is 3. The highest BCUT2D eigenvalue weighted by Crippen LogP contribution is 2.29. The summed E-state index contributed by atoms with van der Waals surface area (Å²) in [7, 11) is 0. The van der Waals surface area contributed by atoms with Crippen molar-refractivity contribution in [1.82, 2.24) is 5.32 Å². The van der Waals surface area contributed by atoms with E-state index in [4.69, 9.17) is 0 Å². The summed E-state index contributed by atoms with van der Waals surface area (Å²) in [6.45, 7) is 0. The van der Waals surface area contributed by atoms with E-state index in [1.807, 2.05) is 11.8 Å². The summed E-state index contributed by atoms with van der Waals surface area (Å²) in [6, 6.07) is 3.12. The number of hydrogen-bond donors (Lipinski definition) is 1. The smallest absolute Gasteiger partial charge is 0.116 e. The van der Waals surface area contributed by atoms with Gasteiger partial charge in [0.1, 0.15) is 5.54 Å². The van der Waals surface area contributed by atoms with E-state index in [1.54, 1.807) is 0 Å². The first-order valence-corrected chi connectivity index (χ1v) is 7.27. The fourth-order valence-electron chi connectivity index (χ4n) is 2.61. The van der Waals surface area contributed by atoms with E-state index in [0.29, 0.717) is 6.04 Å². The molecule has 1 aliphatic heterocycles. The highest BCUT2D eigenvalue weighted by atomic mass is 32.2. The second-order valence-electron chi connectivity index (χ2n) is 4.83. The molecule has 1 saturated heterocycles. The number of thioether (sulfide) groups is 1. The van der Waals surface area contributed by atoms with Gasteiger partial charge in [0.25, 0.3) is 0 Å². The van der Waals surface area contributed by atoms with Crippen molar-refractivity contribution >= 4 is 11.8 Å². The van der Waals surface area contributed by atoms with Crippen LogP contribution in [0.4, 0.5) is 0 Å². The molecule has 1 N–H and O–H groups in total. The molecule has 1 heterocycles. The van der Waals surface area contributed by atoms with Crippen molar-refractivity contribution in [2.24, 2.45) is 0 Å². The van der Waals surface area contributed by atoms with Gasteiger partial charge in [-0.3, -0.25) is 5.32 Å². The van der Waals surface area contributed by atoms with Gasteiger partial charge in [-0.2, -0.15) is 17.0 Å². The van der Waals surface area contributed by atoms with Crippen LogP contribution >= 0.6 is 11.8 Å². The number of nitrogens with one attached hydrogen (secondary N) is 1. The molecular weight excluding hydrogens is 204 g/mol. The minimum absolute atomic E-state index is 0.195. The van der Waals surface area contributed by atoms with Crippen molar-refractivity contribution in [3.8, 4) is 6.07 Å². The van der Waals surface area contributed by atoms with Gasteiger partial charge in [0.2, 0.25) is 0 Å². The van der Waals surface area contributed by atoms with Gasteiger partial charge in [-0.15, -0.1) is 0 Å². The third-order valence-corrected chi connectivity index (χ3v) is 4.76. The molecule has 2 fully saturated rings. The van der Waals surface area contributed by atoms with E-state index >= 15 is 0 Å². The fourth-order valence-corrected chi connectivity index (χ4v) is 3.89. The van der Waals surface area contributed by atoms with Crippen molar-refractivity contribution in [3.05, 3.63) is 0 Å². The molecule has 1 saturated carbocycles. The van der Waals surface area contributed by atoms with Gasteiger partial charge >= 0.3 is 0 Å². The first kappa shape index (κ1) is 11.3. The molecule has 0 aromatic carbocycles. The molecule has 2 rings (SSSR count). The van der Waals surface area contributed by atoms with Crippen molar-refractivity contribution < 1.29 is 0 Å². The zero-order chi connectivity index (χ0) is 10.6. The average Bonchev–Trinajstić information content (AvgIpc) is 2.57. The van der Waals surface area contributed by atoms with Crippen LogP contribution in [0.3, 0.4) is 0 Å². The van der Waals surface area contributed by atoms with E-state index in [-0.39, 0.29) is 5.54 Å². The van der Waals surface area contributed by atoms with E-state index < -0.39 is 0 Å². The zero-order valence-corrected chi connectivity index (χ0v) is 10.1. The lowest BCUT2D eigenvalue weighted by atomic mass is 9.97. The Bertz CT molecular complexity index is 232. The third-order valence-electron chi connectivity index (χ3n) is 3.57. The molecule has 0 aromatic rings. The van der Waals surface area contributed by atoms with Gasteiger partial charge in [-0.1, -0.05) is 25.7 Å². The summed E-state index contributed by atoms with van der Waals surface area (Å²) in [5.74, 6) is 2.13. The van der Waals surface area contributed by atoms with Gasteiger partial charge < -0.3 is 0 Å². The van der Waals surface area contributed by atoms with Crippen LogP contribution in [0, 0.1) is 11.3 Å². The molecule has 1 aliphatic carbocycles. The van der Waals surface area contributed by atoms with Crippen LogP contribution in [0.5, 0.6) is 0 Å². The quantitative estimate of drug-likeness (QED) is 0.733. The van der Waals surface area contributed by atoms with Crippen LogP contribution in [-0.4, -0.2) is 23.1 Å². The van der Waals surface area contributed by atoms with E-state index in [9.17, 15) is 5.26 Å². The Morgan fingerprint density at radius 3 is 2.47 bits per heavy atom. The van der Waals surface area contributed by atoms with Crippen LogP contribution in [-0.2, 0) is 0 Å². The molecule has 3 heteroatoms. The second kappa shape index (κ2) is 5.23. The second-order valence-corrected chi connectivity index (χ2v) is 5.93. The number of nitriles is 1. The Balaban J connectivity index is 1.91. The largest absolute Gasteiger partial charge is 0.296 e. The van der Waals surface area contributed by atoms with Crippen LogP contribution in [0.1, 0.15) is 44.9 Å². The first-order chi connectivity index (χ1) is 7.35. The molecule has 84 valence electrons. The maximum atomic E-state index is 9.29. The summed E-state index contributed by atoms with van der Waals surface area (Å²) in [5, 5.41) is 12.9. The normalized spacial score (nSPS) is 33.5. The standard InChI is InChI=1S/C12H20N2S/c13-9-12(7-8-15-10-12)14-11-5-3-1-2-4-6-11/h11,14H,1-8,10H2. The predicted molar refractivity (Wildman–Crippen MR) is 64.9 cm³/mol. The van der Waals surface area contributed by atoms with Gasteiger partial charge in [-0.05, 0) is 25.0 Å². The maximum Gasteiger partial charge on any atom is 0.116 e. The van der Waals surface area contributed by atoms with Gasteiger partial charge in [0.15, 0.2) is 0 Å². The van der Waals surface area contributed by atoms with E-state index in [0.717, 1.165) is 17.9 Å². The minimum atomic E-state index is -0.195. The van der Waals surface area contributed by atoms with Crippen LogP contribution < -0.4 is 5.32 Å². The summed E-state index contributed by atoms with van der Waals surface area (Å²) in [6.07, 6.45) is 9.02. The monoisotopic (exact) mass is 224 g/mol. The van der Waals surface area contributed by atoms with Crippen LogP contribution in [0.2, 0.25) is 0 Å². The highest BCUT2D eigenvalue weighted by Gasteiger charge is 2.36. The molecule has 0 amide bonds. The summed E-state index contributed by atoms with van der Waals surface area (Å²) in [5.41, 5.74) is -0.195. The zero-order valence-electron chi connectivity index (χ0n) is 9.30. The van der Waals surface area contributed by atoms with E-state index in [1.165, 1.54) is 38.5 Å². The molecule has 0 spiro atoms. The maximum absolute atomic E-state index is 9.29. The molecular formula is C12H20N2S. The topological polar surface area (TPSA) is 35.8 Å².